The predicted octanol–water partition coefficient (Wildman–Crippen LogP) is 5.83. The van der Waals surface area contributed by atoms with E-state index in [0.717, 1.165) is 25.9 Å². The van der Waals surface area contributed by atoms with Crippen molar-refractivity contribution in [2.45, 2.75) is 13.5 Å². The summed E-state index contributed by atoms with van der Waals surface area (Å²) < 4.78 is 8.94. The molecule has 20 heavy (non-hydrogen) atoms. The maximum Gasteiger partial charge on any atom is 0.138 e. The van der Waals surface area contributed by atoms with Crippen LogP contribution in [-0.2, 0) is 6.54 Å². The first-order valence-corrected chi connectivity index (χ1v) is 8.86. The third kappa shape index (κ3) is 4.36. The Bertz CT molecular complexity index is 604. The van der Waals surface area contributed by atoms with Crippen molar-refractivity contribution in [1.82, 2.24) is 0 Å². The molecule has 0 bridgehead atoms. The van der Waals surface area contributed by atoms with E-state index >= 15 is 0 Å². The van der Waals surface area contributed by atoms with Crippen molar-refractivity contribution < 1.29 is 4.74 Å². The van der Waals surface area contributed by atoms with Gasteiger partial charge in [-0.15, -0.1) is 0 Å². The summed E-state index contributed by atoms with van der Waals surface area (Å²) in [6, 6.07) is 12.4. The van der Waals surface area contributed by atoms with Crippen molar-refractivity contribution in [1.29, 1.82) is 0 Å². The molecular formula is C15H14Br2INO. The molecule has 0 amide bonds. The summed E-state index contributed by atoms with van der Waals surface area (Å²) in [5.41, 5.74) is 2.22. The van der Waals surface area contributed by atoms with Crippen LogP contribution in [0.3, 0.4) is 0 Å². The molecular weight excluding hydrogens is 497 g/mol. The van der Waals surface area contributed by atoms with Crippen LogP contribution in [0.1, 0.15) is 12.5 Å². The fourth-order valence-corrected chi connectivity index (χ4v) is 3.82. The quantitative estimate of drug-likeness (QED) is 0.511. The van der Waals surface area contributed by atoms with Crippen molar-refractivity contribution in [2.24, 2.45) is 0 Å². The maximum absolute atomic E-state index is 5.73. The molecule has 0 aliphatic carbocycles. The van der Waals surface area contributed by atoms with Gasteiger partial charge in [0.1, 0.15) is 5.75 Å². The van der Waals surface area contributed by atoms with Gasteiger partial charge in [0, 0.05) is 25.8 Å². The van der Waals surface area contributed by atoms with Gasteiger partial charge in [-0.3, -0.25) is 0 Å². The smallest absolute Gasteiger partial charge is 0.138 e. The van der Waals surface area contributed by atoms with E-state index < -0.39 is 0 Å². The van der Waals surface area contributed by atoms with Crippen LogP contribution in [0.25, 0.3) is 0 Å². The molecule has 0 aliphatic heterocycles. The summed E-state index contributed by atoms with van der Waals surface area (Å²) in [5.74, 6) is 0.897. The zero-order valence-corrected chi connectivity index (χ0v) is 16.2. The Morgan fingerprint density at radius 2 is 2.00 bits per heavy atom. The van der Waals surface area contributed by atoms with Crippen molar-refractivity contribution in [2.75, 3.05) is 11.9 Å². The number of rotatable bonds is 5. The van der Waals surface area contributed by atoms with Crippen LogP contribution in [0, 0.1) is 3.57 Å². The Labute approximate surface area is 149 Å². The van der Waals surface area contributed by atoms with Crippen molar-refractivity contribution in [3.63, 3.8) is 0 Å². The Morgan fingerprint density at radius 1 is 1.20 bits per heavy atom. The Balaban J connectivity index is 2.20. The van der Waals surface area contributed by atoms with Gasteiger partial charge in [-0.2, -0.15) is 0 Å². The van der Waals surface area contributed by atoms with Gasteiger partial charge in [-0.1, -0.05) is 22.0 Å². The van der Waals surface area contributed by atoms with E-state index in [0.29, 0.717) is 13.2 Å². The number of nitrogens with one attached hydrogen (secondary N) is 1. The molecule has 2 rings (SSSR count). The molecule has 2 nitrogen and oxygen atoms in total. The highest BCUT2D eigenvalue weighted by Crippen LogP contribution is 2.33. The summed E-state index contributed by atoms with van der Waals surface area (Å²) in [7, 11) is 0. The first-order chi connectivity index (χ1) is 9.60. The summed E-state index contributed by atoms with van der Waals surface area (Å²) in [5, 5.41) is 3.43. The highest BCUT2D eigenvalue weighted by atomic mass is 127. The summed E-state index contributed by atoms with van der Waals surface area (Å²) in [6.07, 6.45) is 0. The Kier molecular flexibility index (Phi) is 6.17. The van der Waals surface area contributed by atoms with Crippen LogP contribution >= 0.6 is 54.5 Å². The van der Waals surface area contributed by atoms with Crippen LogP contribution in [0.15, 0.2) is 45.3 Å². The molecule has 5 heteroatoms. The summed E-state index contributed by atoms with van der Waals surface area (Å²) in [6.45, 7) is 3.36. The lowest BCUT2D eigenvalue weighted by Gasteiger charge is -2.14. The number of benzene rings is 2. The van der Waals surface area contributed by atoms with E-state index in [2.05, 4.69) is 84.0 Å². The zero-order chi connectivity index (χ0) is 14.5. The van der Waals surface area contributed by atoms with Crippen LogP contribution in [0.5, 0.6) is 5.75 Å². The molecule has 0 fully saturated rings. The van der Waals surface area contributed by atoms with Crippen LogP contribution < -0.4 is 10.1 Å². The first kappa shape index (κ1) is 16.1. The average molecular weight is 511 g/mol. The van der Waals surface area contributed by atoms with Gasteiger partial charge in [0.15, 0.2) is 0 Å². The van der Waals surface area contributed by atoms with Crippen molar-refractivity contribution in [3.8, 4) is 5.75 Å². The van der Waals surface area contributed by atoms with Gasteiger partial charge in [-0.05, 0) is 75.8 Å². The Morgan fingerprint density at radius 3 is 2.70 bits per heavy atom. The van der Waals surface area contributed by atoms with Gasteiger partial charge >= 0.3 is 0 Å². The molecule has 0 unspecified atom stereocenters. The summed E-state index contributed by atoms with van der Waals surface area (Å²) in [4.78, 5) is 0. The van der Waals surface area contributed by atoms with Gasteiger partial charge in [0.05, 0.1) is 11.1 Å². The molecule has 2 aromatic rings. The molecule has 0 heterocycles. The third-order valence-corrected chi connectivity index (χ3v) is 4.40. The lowest BCUT2D eigenvalue weighted by atomic mass is 10.2. The number of hydrogen-bond acceptors (Lipinski definition) is 2. The molecule has 0 saturated heterocycles. The van der Waals surface area contributed by atoms with Gasteiger partial charge < -0.3 is 10.1 Å². The fraction of sp³-hybridized carbons (Fsp3) is 0.200. The molecule has 0 atom stereocenters. The molecule has 106 valence electrons. The largest absolute Gasteiger partial charge is 0.492 e. The normalized spacial score (nSPS) is 10.4. The number of halogens is 3. The molecule has 0 radical (unpaired) electrons. The average Bonchev–Trinajstić information content (AvgIpc) is 2.40. The predicted molar refractivity (Wildman–Crippen MR) is 99.5 cm³/mol. The maximum atomic E-state index is 5.73. The van der Waals surface area contributed by atoms with Crippen LogP contribution in [0.4, 0.5) is 5.69 Å². The van der Waals surface area contributed by atoms with Crippen molar-refractivity contribution >= 4 is 60.1 Å². The minimum absolute atomic E-state index is 0.649. The second-order valence-electron chi connectivity index (χ2n) is 4.17. The van der Waals surface area contributed by atoms with Crippen molar-refractivity contribution in [3.05, 3.63) is 54.5 Å². The highest BCUT2D eigenvalue weighted by molar-refractivity contribution is 14.1. The van der Waals surface area contributed by atoms with Crippen LogP contribution in [0.2, 0.25) is 0 Å². The standard InChI is InChI=1S/C15H14Br2INO/c1-2-20-15-10(6-11(16)7-14(15)17)9-19-13-5-3-4-12(18)8-13/h3-8,19H,2,9H2,1H3. The van der Waals surface area contributed by atoms with Gasteiger partial charge in [0.25, 0.3) is 0 Å². The lowest BCUT2D eigenvalue weighted by molar-refractivity contribution is 0.334. The fourth-order valence-electron chi connectivity index (χ4n) is 1.85. The third-order valence-electron chi connectivity index (χ3n) is 2.68. The molecule has 0 saturated carbocycles. The summed E-state index contributed by atoms with van der Waals surface area (Å²) >= 11 is 9.39. The highest BCUT2D eigenvalue weighted by Gasteiger charge is 2.10. The molecule has 2 aromatic carbocycles. The SMILES string of the molecule is CCOc1c(Br)cc(Br)cc1CNc1cccc(I)c1. The number of ether oxygens (including phenoxy) is 1. The minimum Gasteiger partial charge on any atom is -0.492 e. The zero-order valence-electron chi connectivity index (χ0n) is 10.9. The molecule has 1 N–H and O–H groups in total. The molecule has 0 aromatic heterocycles. The minimum atomic E-state index is 0.649. The van der Waals surface area contributed by atoms with E-state index in [1.807, 2.05) is 19.1 Å². The number of hydrogen-bond donors (Lipinski definition) is 1. The van der Waals surface area contributed by atoms with E-state index in [9.17, 15) is 0 Å². The van der Waals surface area contributed by atoms with Gasteiger partial charge in [-0.25, -0.2) is 0 Å². The van der Waals surface area contributed by atoms with E-state index in [1.54, 1.807) is 0 Å². The van der Waals surface area contributed by atoms with E-state index in [4.69, 9.17) is 4.74 Å². The molecule has 0 aliphatic rings. The van der Waals surface area contributed by atoms with E-state index in [1.165, 1.54) is 3.57 Å². The van der Waals surface area contributed by atoms with Crippen LogP contribution in [-0.4, -0.2) is 6.61 Å². The van der Waals surface area contributed by atoms with E-state index in [-0.39, 0.29) is 0 Å². The molecule has 0 spiro atoms. The lowest BCUT2D eigenvalue weighted by Crippen LogP contribution is -2.04. The van der Waals surface area contributed by atoms with Gasteiger partial charge in [0.2, 0.25) is 0 Å². The topological polar surface area (TPSA) is 21.3 Å². The second kappa shape index (κ2) is 7.66. The second-order valence-corrected chi connectivity index (χ2v) is 7.19. The first-order valence-electron chi connectivity index (χ1n) is 6.20. The Hall–Kier alpha value is -0.270. The number of anilines is 1. The monoisotopic (exact) mass is 509 g/mol.